The van der Waals surface area contributed by atoms with Crippen LogP contribution >= 0.6 is 0 Å². The molecule has 1 fully saturated rings. The fourth-order valence-corrected chi connectivity index (χ4v) is 7.87. The number of hydrogen-bond donors (Lipinski definition) is 1. The molecule has 2 heterocycles. The lowest BCUT2D eigenvalue weighted by molar-refractivity contribution is -0.137. The van der Waals surface area contributed by atoms with Gasteiger partial charge in [-0.3, -0.25) is 9.79 Å². The van der Waals surface area contributed by atoms with Gasteiger partial charge in [0.25, 0.3) is 5.91 Å². The van der Waals surface area contributed by atoms with Gasteiger partial charge in [-0.15, -0.1) is 0 Å². The van der Waals surface area contributed by atoms with Gasteiger partial charge in [0.05, 0.1) is 43.3 Å². The molecular formula is C41H55F3N4O12S. The number of sulfonamides is 1. The Hall–Kier alpha value is -4.79. The van der Waals surface area contributed by atoms with E-state index in [0.717, 1.165) is 12.1 Å². The maximum Gasteiger partial charge on any atom is 0.420 e. The number of rotatable bonds is 16. The molecule has 16 nitrogen and oxygen atoms in total. The zero-order valence-corrected chi connectivity index (χ0v) is 36.5. The highest BCUT2D eigenvalue weighted by Gasteiger charge is 2.53. The molecular weight excluding hydrogens is 830 g/mol. The molecule has 3 amide bonds. The summed E-state index contributed by atoms with van der Waals surface area (Å²) in [4.78, 5) is 56.7. The SMILES string of the molecule is Cc1cc(C(=O)OC(C)(C)C)ccc1CCS(=O)(=O)N1CCC2(CC1)N=C(c1cc(OCCOCCOCCN(C)C(=O)OC(C)(C)C)cc(C(F)(F)F)c1)N(C(=O)O)C2=O. The van der Waals surface area contributed by atoms with E-state index in [2.05, 4.69) is 4.99 Å². The summed E-state index contributed by atoms with van der Waals surface area (Å²) in [6.07, 6.45) is -7.46. The zero-order valence-electron chi connectivity index (χ0n) is 35.7. The van der Waals surface area contributed by atoms with Crippen LogP contribution in [0.3, 0.4) is 0 Å². The Labute approximate surface area is 354 Å². The number of piperidine rings is 1. The highest BCUT2D eigenvalue weighted by atomic mass is 32.2. The molecule has 2 aromatic carbocycles. The number of carboxylic acid groups (broad SMARTS) is 1. The van der Waals surface area contributed by atoms with Crippen LogP contribution in [0.1, 0.15) is 87.0 Å². The van der Waals surface area contributed by atoms with Crippen molar-refractivity contribution in [3.8, 4) is 5.75 Å². The van der Waals surface area contributed by atoms with Crippen LogP contribution in [-0.4, -0.2) is 140 Å². The number of amidine groups is 1. The van der Waals surface area contributed by atoms with Crippen molar-refractivity contribution in [2.45, 2.75) is 90.6 Å². The normalized spacial score (nSPS) is 16.1. The quantitative estimate of drug-likeness (QED) is 0.155. The van der Waals surface area contributed by atoms with Crippen LogP contribution in [0.5, 0.6) is 5.75 Å². The molecule has 1 spiro atoms. The summed E-state index contributed by atoms with van der Waals surface area (Å²) in [6, 6.07) is 7.40. The number of esters is 1. The maximum atomic E-state index is 14.1. The number of aryl methyl sites for hydroxylation is 2. The molecule has 0 bridgehead atoms. The summed E-state index contributed by atoms with van der Waals surface area (Å²) in [5, 5.41) is 10.1. The van der Waals surface area contributed by atoms with Gasteiger partial charge in [-0.05, 0) is 109 Å². The molecule has 20 heteroatoms. The Balaban J connectivity index is 1.38. The minimum Gasteiger partial charge on any atom is -0.491 e. The van der Waals surface area contributed by atoms with Crippen molar-refractivity contribution in [2.24, 2.45) is 4.99 Å². The number of amides is 3. The number of likely N-dealkylation sites (N-methyl/N-ethyl adjacent to an activating group) is 1. The van der Waals surface area contributed by atoms with Gasteiger partial charge in [0.15, 0.2) is 0 Å². The van der Waals surface area contributed by atoms with Crippen LogP contribution < -0.4 is 4.74 Å². The van der Waals surface area contributed by atoms with Crippen LogP contribution in [0, 0.1) is 6.92 Å². The van der Waals surface area contributed by atoms with Crippen molar-refractivity contribution in [1.29, 1.82) is 0 Å². The first-order chi connectivity index (χ1) is 28.2. The Morgan fingerprint density at radius 1 is 0.885 bits per heavy atom. The molecule has 0 unspecified atom stereocenters. The number of carbonyl (C=O) groups is 4. The van der Waals surface area contributed by atoms with Crippen LogP contribution in [0.15, 0.2) is 41.4 Å². The molecule has 0 aliphatic carbocycles. The lowest BCUT2D eigenvalue weighted by atomic mass is 9.88. The number of alkyl halides is 3. The summed E-state index contributed by atoms with van der Waals surface area (Å²) in [5.41, 5.74) is -2.86. The first-order valence-electron chi connectivity index (χ1n) is 19.6. The Morgan fingerprint density at radius 2 is 1.49 bits per heavy atom. The van der Waals surface area contributed by atoms with Crippen LogP contribution in [0.4, 0.5) is 22.8 Å². The van der Waals surface area contributed by atoms with Gasteiger partial charge in [-0.2, -0.15) is 18.1 Å². The average Bonchev–Trinajstić information content (AvgIpc) is 3.42. The number of halogens is 3. The standard InChI is InChI=1S/C41H55F3N4O12S/c1-27-23-29(34(49)59-38(2,3)4)10-9-28(27)11-22-61(54,55)47-14-12-40(13-15-47)35(50)48(36(51)52)33(45-40)30-24-31(41(42,43)44)26-32(25-30)58-21-20-57-19-18-56-17-16-46(8)37(53)60-39(5,6)7/h9-10,23-26H,11-22H2,1-8H3,(H,51,52). The molecule has 2 aromatic rings. The van der Waals surface area contributed by atoms with E-state index in [-0.39, 0.29) is 89.0 Å². The Morgan fingerprint density at radius 3 is 2.07 bits per heavy atom. The third-order valence-electron chi connectivity index (χ3n) is 9.51. The number of benzene rings is 2. The third kappa shape index (κ3) is 13.6. The monoisotopic (exact) mass is 884 g/mol. The molecule has 0 aromatic heterocycles. The van der Waals surface area contributed by atoms with E-state index in [9.17, 15) is 45.9 Å². The van der Waals surface area contributed by atoms with Gasteiger partial charge >= 0.3 is 24.3 Å². The second-order valence-electron chi connectivity index (χ2n) is 16.7. The van der Waals surface area contributed by atoms with Gasteiger partial charge < -0.3 is 33.7 Å². The molecule has 0 radical (unpaired) electrons. The molecule has 0 saturated carbocycles. The van der Waals surface area contributed by atoms with E-state index in [1.165, 1.54) is 9.21 Å². The fourth-order valence-electron chi connectivity index (χ4n) is 6.39. The lowest BCUT2D eigenvalue weighted by Crippen LogP contribution is -2.52. The van der Waals surface area contributed by atoms with Gasteiger partial charge in [-0.1, -0.05) is 6.07 Å². The molecule has 1 saturated heterocycles. The van der Waals surface area contributed by atoms with Crippen LogP contribution in [-0.2, 0) is 46.4 Å². The molecule has 4 rings (SSSR count). The van der Waals surface area contributed by atoms with Crippen LogP contribution in [0.2, 0.25) is 0 Å². The largest absolute Gasteiger partial charge is 0.491 e. The molecule has 61 heavy (non-hydrogen) atoms. The molecule has 2 aliphatic heterocycles. The number of nitrogens with zero attached hydrogens (tertiary/aromatic N) is 4. The van der Waals surface area contributed by atoms with Crippen molar-refractivity contribution in [3.63, 3.8) is 0 Å². The molecule has 1 N–H and O–H groups in total. The van der Waals surface area contributed by atoms with Crippen molar-refractivity contribution in [1.82, 2.24) is 14.1 Å². The molecule has 0 atom stereocenters. The van der Waals surface area contributed by atoms with E-state index in [1.54, 1.807) is 73.7 Å². The van der Waals surface area contributed by atoms with Gasteiger partial charge in [-0.25, -0.2) is 27.1 Å². The predicted octanol–water partition coefficient (Wildman–Crippen LogP) is 5.92. The van der Waals surface area contributed by atoms with E-state index < -0.39 is 68.4 Å². The molecule has 338 valence electrons. The third-order valence-corrected chi connectivity index (χ3v) is 11.4. The summed E-state index contributed by atoms with van der Waals surface area (Å²) in [7, 11) is -2.32. The predicted molar refractivity (Wildman–Crippen MR) is 216 cm³/mol. The van der Waals surface area contributed by atoms with E-state index in [1.807, 2.05) is 0 Å². The topological polar surface area (TPSA) is 191 Å². The number of carbonyl (C=O) groups excluding carboxylic acids is 3. The smallest absolute Gasteiger partial charge is 0.420 e. The average molecular weight is 885 g/mol. The summed E-state index contributed by atoms with van der Waals surface area (Å²) >= 11 is 0. The summed E-state index contributed by atoms with van der Waals surface area (Å²) in [6.45, 7) is 12.4. The number of aliphatic imine (C=N–C) groups is 1. The second kappa shape index (κ2) is 19.5. The van der Waals surface area contributed by atoms with Gasteiger partial charge in [0, 0.05) is 32.2 Å². The van der Waals surface area contributed by atoms with Gasteiger partial charge in [0.2, 0.25) is 10.0 Å². The Kier molecular flexibility index (Phi) is 15.6. The van der Waals surface area contributed by atoms with Gasteiger partial charge in [0.1, 0.15) is 34.9 Å². The first kappa shape index (κ1) is 48.9. The second-order valence-corrected chi connectivity index (χ2v) is 18.8. The van der Waals surface area contributed by atoms with E-state index >= 15 is 0 Å². The Bertz CT molecular complexity index is 2070. The van der Waals surface area contributed by atoms with E-state index in [4.69, 9.17) is 23.7 Å². The fraction of sp³-hybridized carbons (Fsp3) is 0.585. The highest BCUT2D eigenvalue weighted by Crippen LogP contribution is 2.39. The zero-order chi connectivity index (χ0) is 45.6. The number of hydrogen-bond acceptors (Lipinski definition) is 12. The maximum absolute atomic E-state index is 14.1. The summed E-state index contributed by atoms with van der Waals surface area (Å²) in [5.74, 6) is -2.63. The van der Waals surface area contributed by atoms with Crippen molar-refractivity contribution in [3.05, 3.63) is 64.2 Å². The van der Waals surface area contributed by atoms with Crippen molar-refractivity contribution in [2.75, 3.05) is 65.5 Å². The van der Waals surface area contributed by atoms with Crippen molar-refractivity contribution >= 4 is 39.9 Å². The van der Waals surface area contributed by atoms with Crippen LogP contribution in [0.25, 0.3) is 0 Å². The summed E-state index contributed by atoms with van der Waals surface area (Å²) < 4.78 is 97.5. The minimum absolute atomic E-state index is 0.0457. The number of ether oxygens (including phenoxy) is 5. The lowest BCUT2D eigenvalue weighted by Gasteiger charge is -2.35. The number of imide groups is 1. The van der Waals surface area contributed by atoms with E-state index in [0.29, 0.717) is 27.7 Å². The van der Waals surface area contributed by atoms with Crippen molar-refractivity contribution < 1.29 is 69.6 Å². The highest BCUT2D eigenvalue weighted by molar-refractivity contribution is 7.89. The minimum atomic E-state index is -4.88. The molecule has 2 aliphatic rings. The first-order valence-corrected chi connectivity index (χ1v) is 21.3.